The lowest BCUT2D eigenvalue weighted by Gasteiger charge is -2.04. The Morgan fingerprint density at radius 1 is 1.13 bits per heavy atom. The van der Waals surface area contributed by atoms with E-state index >= 15 is 0 Å². The summed E-state index contributed by atoms with van der Waals surface area (Å²) >= 11 is 5.30. The van der Waals surface area contributed by atoms with Gasteiger partial charge in [-0.3, -0.25) is 9.36 Å². The highest BCUT2D eigenvalue weighted by atomic mass is 32.1. The summed E-state index contributed by atoms with van der Waals surface area (Å²) in [6.07, 6.45) is 1.68. The van der Waals surface area contributed by atoms with E-state index in [0.717, 1.165) is 17.1 Å². The van der Waals surface area contributed by atoms with E-state index in [1.807, 2.05) is 54.6 Å². The summed E-state index contributed by atoms with van der Waals surface area (Å²) in [6, 6.07) is 16.7. The molecule has 6 heteroatoms. The number of hydrogen-bond acceptors (Lipinski definition) is 3. The zero-order valence-corrected chi connectivity index (χ0v) is 13.3. The fourth-order valence-electron chi connectivity index (χ4n) is 2.17. The van der Waals surface area contributed by atoms with Crippen LogP contribution in [0.1, 0.15) is 10.5 Å². The van der Waals surface area contributed by atoms with Gasteiger partial charge in [-0.1, -0.05) is 18.2 Å². The van der Waals surface area contributed by atoms with E-state index in [2.05, 4.69) is 10.3 Å². The third-order valence-electron chi connectivity index (χ3n) is 3.35. The number of imidazole rings is 1. The molecule has 0 bridgehead atoms. The molecule has 0 spiro atoms. The van der Waals surface area contributed by atoms with Crippen LogP contribution in [0, 0.1) is 4.77 Å². The van der Waals surface area contributed by atoms with Crippen molar-refractivity contribution in [2.24, 2.45) is 0 Å². The lowest BCUT2D eigenvalue weighted by atomic mass is 10.3. The van der Waals surface area contributed by atoms with E-state index in [0.29, 0.717) is 10.5 Å². The molecule has 0 fully saturated rings. The summed E-state index contributed by atoms with van der Waals surface area (Å²) in [4.78, 5) is 15.2. The Morgan fingerprint density at radius 2 is 1.83 bits per heavy atom. The zero-order chi connectivity index (χ0) is 16.2. The summed E-state index contributed by atoms with van der Waals surface area (Å²) in [5.41, 5.74) is 1.98. The predicted octanol–water partition coefficient (Wildman–Crippen LogP) is 3.80. The minimum absolute atomic E-state index is 0.241. The van der Waals surface area contributed by atoms with Crippen LogP contribution in [0.15, 0.2) is 60.8 Å². The standard InChI is InChI=1S/C17H15N3O2S/c1-22-14-9-7-13(8-10-14)20-11-15(19-17(20)23)16(21)18-12-5-3-2-4-6-12/h2-11H,1H3,(H,18,21)(H,19,23). The lowest BCUT2D eigenvalue weighted by Crippen LogP contribution is -2.12. The second kappa shape index (κ2) is 6.50. The van der Waals surface area contributed by atoms with Gasteiger partial charge in [-0.05, 0) is 48.6 Å². The fraction of sp³-hybridized carbons (Fsp3) is 0.0588. The summed E-state index contributed by atoms with van der Waals surface area (Å²) < 4.78 is 7.33. The first-order chi connectivity index (χ1) is 11.2. The van der Waals surface area contributed by atoms with Crippen LogP contribution < -0.4 is 10.1 Å². The molecule has 0 saturated carbocycles. The van der Waals surface area contributed by atoms with Gasteiger partial charge in [-0.25, -0.2) is 0 Å². The van der Waals surface area contributed by atoms with Crippen molar-refractivity contribution in [1.82, 2.24) is 9.55 Å². The van der Waals surface area contributed by atoms with Crippen LogP contribution >= 0.6 is 12.2 Å². The van der Waals surface area contributed by atoms with Crippen molar-refractivity contribution < 1.29 is 9.53 Å². The van der Waals surface area contributed by atoms with Gasteiger partial charge in [0, 0.05) is 17.6 Å². The highest BCUT2D eigenvalue weighted by Crippen LogP contribution is 2.16. The second-order valence-electron chi connectivity index (χ2n) is 4.86. The smallest absolute Gasteiger partial charge is 0.273 e. The molecule has 116 valence electrons. The van der Waals surface area contributed by atoms with Crippen LogP contribution in [0.25, 0.3) is 5.69 Å². The molecule has 0 aliphatic heterocycles. The molecule has 23 heavy (non-hydrogen) atoms. The van der Waals surface area contributed by atoms with Crippen molar-refractivity contribution in [3.05, 3.63) is 71.3 Å². The molecule has 0 saturated heterocycles. The number of anilines is 1. The minimum Gasteiger partial charge on any atom is -0.497 e. The van der Waals surface area contributed by atoms with E-state index in [9.17, 15) is 4.79 Å². The van der Waals surface area contributed by atoms with E-state index in [1.54, 1.807) is 17.9 Å². The third kappa shape index (κ3) is 3.32. The number of carbonyl (C=O) groups excluding carboxylic acids is 1. The molecule has 0 aliphatic carbocycles. The molecule has 2 aromatic carbocycles. The maximum absolute atomic E-state index is 12.3. The first-order valence-electron chi connectivity index (χ1n) is 7.00. The Hall–Kier alpha value is -2.86. The molecule has 0 radical (unpaired) electrons. The van der Waals surface area contributed by atoms with Crippen LogP contribution in [-0.4, -0.2) is 22.6 Å². The highest BCUT2D eigenvalue weighted by Gasteiger charge is 2.11. The van der Waals surface area contributed by atoms with Crippen molar-refractivity contribution in [3.8, 4) is 11.4 Å². The average Bonchev–Trinajstić information content (AvgIpc) is 2.98. The molecule has 1 aromatic heterocycles. The number of nitrogens with zero attached hydrogens (tertiary/aromatic N) is 1. The Bertz CT molecular complexity index is 867. The van der Waals surface area contributed by atoms with Crippen LogP contribution in [0.2, 0.25) is 0 Å². The molecule has 5 nitrogen and oxygen atoms in total. The Balaban J connectivity index is 1.85. The molecule has 0 atom stereocenters. The van der Waals surface area contributed by atoms with Gasteiger partial charge in [-0.2, -0.15) is 0 Å². The molecule has 2 N–H and O–H groups in total. The quantitative estimate of drug-likeness (QED) is 0.717. The van der Waals surface area contributed by atoms with Crippen LogP contribution in [0.5, 0.6) is 5.75 Å². The van der Waals surface area contributed by atoms with Crippen LogP contribution in [-0.2, 0) is 0 Å². The number of para-hydroxylation sites is 1. The highest BCUT2D eigenvalue weighted by molar-refractivity contribution is 7.71. The van der Waals surface area contributed by atoms with Crippen molar-refractivity contribution in [3.63, 3.8) is 0 Å². The van der Waals surface area contributed by atoms with E-state index < -0.39 is 0 Å². The van der Waals surface area contributed by atoms with Gasteiger partial charge in [0.1, 0.15) is 11.4 Å². The van der Waals surface area contributed by atoms with Gasteiger partial charge < -0.3 is 15.0 Å². The maximum Gasteiger partial charge on any atom is 0.273 e. The number of carbonyl (C=O) groups is 1. The Kier molecular flexibility index (Phi) is 4.25. The fourth-order valence-corrected chi connectivity index (χ4v) is 2.43. The third-order valence-corrected chi connectivity index (χ3v) is 3.64. The predicted molar refractivity (Wildman–Crippen MR) is 91.9 cm³/mol. The molecular weight excluding hydrogens is 310 g/mol. The number of amides is 1. The summed E-state index contributed by atoms with van der Waals surface area (Å²) in [6.45, 7) is 0. The number of ether oxygens (including phenoxy) is 1. The number of rotatable bonds is 4. The largest absolute Gasteiger partial charge is 0.497 e. The SMILES string of the molecule is COc1ccc(-n2cc(C(=O)Nc3ccccc3)[nH]c2=S)cc1. The second-order valence-corrected chi connectivity index (χ2v) is 5.25. The van der Waals surface area contributed by atoms with E-state index in [4.69, 9.17) is 17.0 Å². The Morgan fingerprint density at radius 3 is 2.48 bits per heavy atom. The molecular formula is C17H15N3O2S. The number of aromatic amines is 1. The zero-order valence-electron chi connectivity index (χ0n) is 12.4. The van der Waals surface area contributed by atoms with Crippen LogP contribution in [0.4, 0.5) is 5.69 Å². The minimum atomic E-state index is -0.241. The number of H-pyrrole nitrogens is 1. The number of aromatic nitrogens is 2. The molecule has 3 aromatic rings. The summed E-state index contributed by atoms with van der Waals surface area (Å²) in [7, 11) is 1.61. The van der Waals surface area contributed by atoms with Gasteiger partial charge in [0.25, 0.3) is 5.91 Å². The first-order valence-corrected chi connectivity index (χ1v) is 7.41. The average molecular weight is 325 g/mol. The lowest BCUT2D eigenvalue weighted by molar-refractivity contribution is 0.102. The van der Waals surface area contributed by atoms with Gasteiger partial charge >= 0.3 is 0 Å². The van der Waals surface area contributed by atoms with Crippen molar-refractivity contribution >= 4 is 23.8 Å². The van der Waals surface area contributed by atoms with Crippen molar-refractivity contribution in [1.29, 1.82) is 0 Å². The molecule has 1 heterocycles. The molecule has 0 unspecified atom stereocenters. The number of benzene rings is 2. The number of nitrogens with one attached hydrogen (secondary N) is 2. The summed E-state index contributed by atoms with van der Waals surface area (Å²) in [5, 5.41) is 2.82. The molecule has 1 amide bonds. The van der Waals surface area contributed by atoms with Gasteiger partial charge in [0.05, 0.1) is 7.11 Å². The van der Waals surface area contributed by atoms with Crippen LogP contribution in [0.3, 0.4) is 0 Å². The number of methoxy groups -OCH3 is 1. The van der Waals surface area contributed by atoms with E-state index in [-0.39, 0.29) is 5.91 Å². The monoisotopic (exact) mass is 325 g/mol. The Labute approximate surface area is 138 Å². The normalized spacial score (nSPS) is 10.3. The topological polar surface area (TPSA) is 59.0 Å². The van der Waals surface area contributed by atoms with Gasteiger partial charge in [-0.15, -0.1) is 0 Å². The van der Waals surface area contributed by atoms with Crippen molar-refractivity contribution in [2.45, 2.75) is 0 Å². The number of hydrogen-bond donors (Lipinski definition) is 2. The molecule has 0 aliphatic rings. The van der Waals surface area contributed by atoms with Gasteiger partial charge in [0.2, 0.25) is 0 Å². The van der Waals surface area contributed by atoms with Gasteiger partial charge in [0.15, 0.2) is 4.77 Å². The maximum atomic E-state index is 12.3. The summed E-state index contributed by atoms with van der Waals surface area (Å²) in [5.74, 6) is 0.521. The molecule has 3 rings (SSSR count). The van der Waals surface area contributed by atoms with Crippen molar-refractivity contribution in [2.75, 3.05) is 12.4 Å². The first kappa shape index (κ1) is 15.1. The van der Waals surface area contributed by atoms with E-state index in [1.165, 1.54) is 0 Å².